The summed E-state index contributed by atoms with van der Waals surface area (Å²) in [6, 6.07) is 13.3. The third kappa shape index (κ3) is 4.09. The van der Waals surface area contributed by atoms with Gasteiger partial charge in [0, 0.05) is 15.6 Å². The number of anilines is 1. The first-order valence-corrected chi connectivity index (χ1v) is 10.3. The summed E-state index contributed by atoms with van der Waals surface area (Å²) in [7, 11) is 0. The number of benzene rings is 2. The fourth-order valence-electron chi connectivity index (χ4n) is 2.45. The lowest BCUT2D eigenvalue weighted by atomic mass is 10.2. The maximum atomic E-state index is 12.6. The molecular weight excluding hydrogens is 388 g/mol. The van der Waals surface area contributed by atoms with Crippen molar-refractivity contribution in [3.63, 3.8) is 0 Å². The van der Waals surface area contributed by atoms with Gasteiger partial charge in [0.15, 0.2) is 0 Å². The van der Waals surface area contributed by atoms with Crippen molar-refractivity contribution in [2.45, 2.75) is 11.8 Å². The van der Waals surface area contributed by atoms with Crippen molar-refractivity contribution >= 4 is 58.0 Å². The number of imide groups is 1. The number of carbonyl (C=O) groups excluding carboxylic acids is 2. The van der Waals surface area contributed by atoms with Crippen molar-refractivity contribution < 1.29 is 9.59 Å². The highest BCUT2D eigenvalue weighted by atomic mass is 35.5. The number of halogens is 1. The van der Waals surface area contributed by atoms with Gasteiger partial charge in [0.2, 0.25) is 0 Å². The molecule has 2 aromatic rings. The summed E-state index contributed by atoms with van der Waals surface area (Å²) in [5.74, 6) is -0.291. The van der Waals surface area contributed by atoms with Crippen LogP contribution in [0.1, 0.15) is 11.1 Å². The van der Waals surface area contributed by atoms with Gasteiger partial charge < -0.3 is 5.32 Å². The summed E-state index contributed by atoms with van der Waals surface area (Å²) in [5, 5.41) is 3.47. The molecule has 0 bridgehead atoms. The van der Waals surface area contributed by atoms with Crippen molar-refractivity contribution in [2.24, 2.45) is 0 Å². The predicted octanol–water partition coefficient (Wildman–Crippen LogP) is 5.48. The Labute approximate surface area is 166 Å². The van der Waals surface area contributed by atoms with Crippen molar-refractivity contribution in [1.29, 1.82) is 0 Å². The molecule has 3 rings (SSSR count). The number of carbonyl (C=O) groups is 2. The first-order valence-electron chi connectivity index (χ1n) is 7.88. The second-order valence-electron chi connectivity index (χ2n) is 5.63. The van der Waals surface area contributed by atoms with Crippen molar-refractivity contribution in [3.8, 4) is 0 Å². The molecule has 0 atom stereocenters. The Morgan fingerprint density at radius 2 is 1.92 bits per heavy atom. The minimum Gasteiger partial charge on any atom is -0.367 e. The van der Waals surface area contributed by atoms with E-state index in [1.54, 1.807) is 23.9 Å². The van der Waals surface area contributed by atoms with E-state index >= 15 is 0 Å². The first kappa shape index (κ1) is 18.9. The molecule has 134 valence electrons. The molecule has 4 nitrogen and oxygen atoms in total. The van der Waals surface area contributed by atoms with Crippen LogP contribution >= 0.6 is 35.1 Å². The molecule has 1 heterocycles. The average molecular weight is 405 g/mol. The molecule has 1 N–H and O–H groups in total. The van der Waals surface area contributed by atoms with Crippen LogP contribution in [-0.4, -0.2) is 29.0 Å². The Balaban J connectivity index is 1.72. The van der Waals surface area contributed by atoms with E-state index in [9.17, 15) is 9.59 Å². The van der Waals surface area contributed by atoms with Gasteiger partial charge in [0.1, 0.15) is 0 Å². The number of thioether (sulfide) groups is 2. The van der Waals surface area contributed by atoms with E-state index in [2.05, 4.69) is 5.32 Å². The van der Waals surface area contributed by atoms with Crippen LogP contribution in [0.3, 0.4) is 0 Å². The molecule has 0 unspecified atom stereocenters. The lowest BCUT2D eigenvalue weighted by molar-refractivity contribution is -0.122. The molecule has 0 radical (unpaired) electrons. The Hall–Kier alpha value is -1.89. The fraction of sp³-hybridized carbons (Fsp3) is 0.158. The molecule has 7 heteroatoms. The van der Waals surface area contributed by atoms with Crippen LogP contribution in [0.25, 0.3) is 6.08 Å². The Bertz CT molecular complexity index is 882. The molecule has 2 aromatic carbocycles. The molecule has 0 aromatic heterocycles. The molecule has 1 saturated heterocycles. The molecule has 26 heavy (non-hydrogen) atoms. The predicted molar refractivity (Wildman–Crippen MR) is 111 cm³/mol. The number of amides is 2. The lowest BCUT2D eigenvalue weighted by Crippen LogP contribution is -2.33. The fourth-order valence-corrected chi connectivity index (χ4v) is 3.87. The number of rotatable bonds is 5. The Kier molecular flexibility index (Phi) is 5.96. The zero-order chi connectivity index (χ0) is 18.7. The van der Waals surface area contributed by atoms with Gasteiger partial charge in [-0.3, -0.25) is 14.5 Å². The van der Waals surface area contributed by atoms with Crippen molar-refractivity contribution in [2.75, 3.05) is 18.2 Å². The normalized spacial score (nSPS) is 15.8. The standard InChI is InChI=1S/C19H17ClN2O2S2/c1-12-15(20)4-3-5-16(12)21-11-22-18(23)17(26-19(22)24)10-13-6-8-14(25-2)9-7-13/h3-10,21H,11H2,1-2H3. The number of nitrogens with zero attached hydrogens (tertiary/aromatic N) is 1. The van der Waals surface area contributed by atoms with Crippen LogP contribution in [0.15, 0.2) is 52.3 Å². The average Bonchev–Trinajstić information content (AvgIpc) is 2.90. The SMILES string of the molecule is CSc1ccc(C=C2SC(=O)N(CNc3cccc(Cl)c3C)C2=O)cc1. The van der Waals surface area contributed by atoms with Crippen LogP contribution in [0.5, 0.6) is 0 Å². The van der Waals surface area contributed by atoms with E-state index in [0.29, 0.717) is 9.93 Å². The molecule has 1 fully saturated rings. The molecule has 0 spiro atoms. The van der Waals surface area contributed by atoms with Gasteiger partial charge in [-0.15, -0.1) is 11.8 Å². The lowest BCUT2D eigenvalue weighted by Gasteiger charge is -2.16. The van der Waals surface area contributed by atoms with Gasteiger partial charge in [-0.1, -0.05) is 29.8 Å². The van der Waals surface area contributed by atoms with Gasteiger partial charge in [-0.2, -0.15) is 0 Å². The smallest absolute Gasteiger partial charge is 0.295 e. The summed E-state index contributed by atoms with van der Waals surface area (Å²) in [4.78, 5) is 27.6. The first-order chi connectivity index (χ1) is 12.5. The molecule has 1 aliphatic heterocycles. The maximum absolute atomic E-state index is 12.6. The second-order valence-corrected chi connectivity index (χ2v) is 7.91. The highest BCUT2D eigenvalue weighted by Gasteiger charge is 2.34. The minimum absolute atomic E-state index is 0.106. The van der Waals surface area contributed by atoms with Gasteiger partial charge in [-0.05, 0) is 66.4 Å². The van der Waals surface area contributed by atoms with Gasteiger partial charge in [-0.25, -0.2) is 0 Å². The molecule has 0 saturated carbocycles. The van der Waals surface area contributed by atoms with Crippen LogP contribution in [-0.2, 0) is 4.79 Å². The van der Waals surface area contributed by atoms with E-state index in [0.717, 1.165) is 33.5 Å². The van der Waals surface area contributed by atoms with Crippen LogP contribution in [0.4, 0.5) is 10.5 Å². The van der Waals surface area contributed by atoms with Crippen molar-refractivity contribution in [1.82, 2.24) is 4.90 Å². The number of hydrogen-bond acceptors (Lipinski definition) is 5. The monoisotopic (exact) mass is 404 g/mol. The van der Waals surface area contributed by atoms with Crippen LogP contribution in [0.2, 0.25) is 5.02 Å². The summed E-state index contributed by atoms with van der Waals surface area (Å²) < 4.78 is 0. The van der Waals surface area contributed by atoms with Gasteiger partial charge in [0.25, 0.3) is 11.1 Å². The number of hydrogen-bond donors (Lipinski definition) is 1. The number of nitrogens with one attached hydrogen (secondary N) is 1. The topological polar surface area (TPSA) is 49.4 Å². The molecule has 2 amide bonds. The summed E-state index contributed by atoms with van der Waals surface area (Å²) >= 11 is 8.71. The van der Waals surface area contributed by atoms with E-state index in [-0.39, 0.29) is 17.8 Å². The maximum Gasteiger partial charge on any atom is 0.295 e. The van der Waals surface area contributed by atoms with E-state index in [4.69, 9.17) is 11.6 Å². The molecule has 1 aliphatic rings. The minimum atomic E-state index is -0.291. The summed E-state index contributed by atoms with van der Waals surface area (Å²) in [6.45, 7) is 1.99. The zero-order valence-corrected chi connectivity index (χ0v) is 16.7. The largest absolute Gasteiger partial charge is 0.367 e. The third-order valence-corrected chi connectivity index (χ3v) is 6.04. The van der Waals surface area contributed by atoms with Gasteiger partial charge >= 0.3 is 0 Å². The van der Waals surface area contributed by atoms with Crippen LogP contribution < -0.4 is 5.32 Å². The van der Waals surface area contributed by atoms with Gasteiger partial charge in [0.05, 0.1) is 11.6 Å². The van der Waals surface area contributed by atoms with E-state index < -0.39 is 0 Å². The second kappa shape index (κ2) is 8.20. The van der Waals surface area contributed by atoms with E-state index in [1.165, 1.54) is 4.90 Å². The Morgan fingerprint density at radius 3 is 2.62 bits per heavy atom. The van der Waals surface area contributed by atoms with Crippen molar-refractivity contribution in [3.05, 3.63) is 63.5 Å². The quantitative estimate of drug-likeness (QED) is 0.528. The zero-order valence-electron chi connectivity index (χ0n) is 14.3. The molecular formula is C19H17ClN2O2S2. The Morgan fingerprint density at radius 1 is 1.19 bits per heavy atom. The third-order valence-electron chi connectivity index (χ3n) is 3.98. The highest BCUT2D eigenvalue weighted by Crippen LogP contribution is 2.32. The molecule has 0 aliphatic carbocycles. The highest BCUT2D eigenvalue weighted by molar-refractivity contribution is 8.18. The summed E-state index contributed by atoms with van der Waals surface area (Å²) in [5.41, 5.74) is 2.57. The summed E-state index contributed by atoms with van der Waals surface area (Å²) in [6.07, 6.45) is 3.76. The van der Waals surface area contributed by atoms with Crippen LogP contribution in [0, 0.1) is 6.92 Å². The van der Waals surface area contributed by atoms with E-state index in [1.807, 2.05) is 49.6 Å².